The molecule has 0 atom stereocenters. The van der Waals surface area contributed by atoms with Crippen molar-refractivity contribution in [2.75, 3.05) is 32.8 Å². The molecule has 196 valence electrons. The van der Waals surface area contributed by atoms with E-state index < -0.39 is 10.0 Å². The Morgan fingerprint density at radius 3 is 2.44 bits per heavy atom. The highest BCUT2D eigenvalue weighted by Crippen LogP contribution is 2.32. The van der Waals surface area contributed by atoms with Gasteiger partial charge in [-0.25, -0.2) is 13.4 Å². The van der Waals surface area contributed by atoms with E-state index in [1.807, 2.05) is 24.6 Å². The normalized spacial score (nSPS) is 15.7. The monoisotopic (exact) mass is 515 g/mol. The quantitative estimate of drug-likeness (QED) is 0.468. The van der Waals surface area contributed by atoms with Crippen LogP contribution in [0.5, 0.6) is 5.75 Å². The first-order valence-corrected chi connectivity index (χ1v) is 14.3. The maximum absolute atomic E-state index is 13.5. The van der Waals surface area contributed by atoms with Crippen LogP contribution in [0, 0.1) is 0 Å². The molecule has 1 aromatic carbocycles. The van der Waals surface area contributed by atoms with Crippen molar-refractivity contribution < 1.29 is 13.2 Å². The zero-order valence-corrected chi connectivity index (χ0v) is 22.7. The first kappa shape index (κ1) is 26.4. The molecule has 1 saturated heterocycles. The molecular formula is C26H37N5O4S. The van der Waals surface area contributed by atoms with Crippen molar-refractivity contribution in [1.29, 1.82) is 0 Å². The van der Waals surface area contributed by atoms with Gasteiger partial charge >= 0.3 is 0 Å². The van der Waals surface area contributed by atoms with Crippen molar-refractivity contribution in [1.82, 2.24) is 23.7 Å². The zero-order valence-electron chi connectivity index (χ0n) is 21.9. The number of hydrogen-bond acceptors (Lipinski definition) is 6. The van der Waals surface area contributed by atoms with Crippen molar-refractivity contribution in [3.8, 4) is 17.1 Å². The summed E-state index contributed by atoms with van der Waals surface area (Å²) in [6.45, 7) is 13.5. The number of ether oxygens (including phenoxy) is 1. The number of nitrogens with zero attached hydrogens (tertiary/aromatic N) is 4. The number of nitrogens with one attached hydrogen (secondary N) is 1. The molecule has 0 saturated carbocycles. The highest BCUT2D eigenvalue weighted by molar-refractivity contribution is 7.89. The molecule has 9 nitrogen and oxygen atoms in total. The lowest BCUT2D eigenvalue weighted by molar-refractivity contribution is 0.154. The lowest BCUT2D eigenvalue weighted by Gasteiger charge is -2.36. The van der Waals surface area contributed by atoms with Crippen molar-refractivity contribution in [2.24, 2.45) is 0 Å². The smallest absolute Gasteiger partial charge is 0.275 e. The van der Waals surface area contributed by atoms with E-state index in [2.05, 4.69) is 30.7 Å². The fourth-order valence-corrected chi connectivity index (χ4v) is 6.29. The Labute approximate surface area is 213 Å². The standard InChI is InChI=1S/C26H37N5O4S/c1-6-9-19-17-29(7-2)24-23(19)27-25(28-26(24)32)21-16-20(10-11-22(21)35-8-3)36(33,34)31-14-12-30(13-15-31)18(4)5/h10-11,16-18H,6-9,12-15H2,1-5H3,(H,27,28,32). The lowest BCUT2D eigenvalue weighted by atomic mass is 10.1. The third kappa shape index (κ3) is 4.94. The second-order valence-electron chi connectivity index (χ2n) is 9.43. The van der Waals surface area contributed by atoms with Crippen molar-refractivity contribution in [3.63, 3.8) is 0 Å². The average molecular weight is 516 g/mol. The van der Waals surface area contributed by atoms with Crippen LogP contribution in [0.3, 0.4) is 0 Å². The molecule has 1 aliphatic heterocycles. The van der Waals surface area contributed by atoms with Gasteiger partial charge in [0.1, 0.15) is 17.1 Å². The van der Waals surface area contributed by atoms with E-state index in [1.165, 1.54) is 4.31 Å². The SMILES string of the molecule is CCCc1cn(CC)c2c(=O)[nH]c(-c3cc(S(=O)(=O)N4CCN(C(C)C)CC4)ccc3OCC)nc12. The second kappa shape index (κ2) is 10.7. The van der Waals surface area contributed by atoms with Gasteiger partial charge in [-0.1, -0.05) is 13.3 Å². The summed E-state index contributed by atoms with van der Waals surface area (Å²) in [7, 11) is -3.72. The zero-order chi connectivity index (χ0) is 26.0. The van der Waals surface area contributed by atoms with E-state index in [1.54, 1.807) is 18.2 Å². The Balaban J connectivity index is 1.80. The largest absolute Gasteiger partial charge is 0.493 e. The summed E-state index contributed by atoms with van der Waals surface area (Å²) < 4.78 is 36.4. The Morgan fingerprint density at radius 1 is 1.11 bits per heavy atom. The van der Waals surface area contributed by atoms with Gasteiger partial charge in [0, 0.05) is 45.0 Å². The number of aromatic nitrogens is 3. The van der Waals surface area contributed by atoms with Gasteiger partial charge in [0.15, 0.2) is 0 Å². The molecule has 10 heteroatoms. The Kier molecular flexibility index (Phi) is 7.87. The summed E-state index contributed by atoms with van der Waals surface area (Å²) >= 11 is 0. The minimum Gasteiger partial charge on any atom is -0.493 e. The molecular weight excluding hydrogens is 478 g/mol. The number of rotatable bonds is 9. The summed E-state index contributed by atoms with van der Waals surface area (Å²) in [6, 6.07) is 5.19. The number of sulfonamides is 1. The third-order valence-corrected chi connectivity index (χ3v) is 8.70. The minimum absolute atomic E-state index is 0.168. The second-order valence-corrected chi connectivity index (χ2v) is 11.4. The predicted molar refractivity (Wildman–Crippen MR) is 142 cm³/mol. The molecule has 0 aliphatic carbocycles. The van der Waals surface area contributed by atoms with Crippen molar-refractivity contribution in [2.45, 2.75) is 64.9 Å². The first-order valence-electron chi connectivity index (χ1n) is 12.8. The Hall–Kier alpha value is -2.69. The van der Waals surface area contributed by atoms with E-state index in [-0.39, 0.29) is 10.5 Å². The van der Waals surface area contributed by atoms with Crippen LogP contribution in [0.4, 0.5) is 0 Å². The Bertz CT molecular complexity index is 1390. The van der Waals surface area contributed by atoms with Gasteiger partial charge in [0.2, 0.25) is 10.0 Å². The number of aromatic amines is 1. The van der Waals surface area contributed by atoms with Gasteiger partial charge in [-0.15, -0.1) is 0 Å². The molecule has 3 aromatic rings. The van der Waals surface area contributed by atoms with Gasteiger partial charge in [-0.05, 0) is 57.9 Å². The van der Waals surface area contributed by atoms with E-state index in [9.17, 15) is 13.2 Å². The van der Waals surface area contributed by atoms with Crippen LogP contribution in [0.2, 0.25) is 0 Å². The molecule has 3 heterocycles. The van der Waals surface area contributed by atoms with Crippen LogP contribution >= 0.6 is 0 Å². The van der Waals surface area contributed by atoms with Crippen LogP contribution in [0.25, 0.3) is 22.4 Å². The van der Waals surface area contributed by atoms with E-state index in [0.717, 1.165) is 18.4 Å². The molecule has 1 N–H and O–H groups in total. The summed E-state index contributed by atoms with van der Waals surface area (Å²) in [4.78, 5) is 23.3. The van der Waals surface area contributed by atoms with Crippen molar-refractivity contribution in [3.05, 3.63) is 40.3 Å². The van der Waals surface area contributed by atoms with Gasteiger partial charge in [-0.3, -0.25) is 9.69 Å². The Morgan fingerprint density at radius 2 is 1.83 bits per heavy atom. The number of piperazine rings is 1. The van der Waals surface area contributed by atoms with E-state index in [4.69, 9.17) is 9.72 Å². The predicted octanol–water partition coefficient (Wildman–Crippen LogP) is 3.48. The fraction of sp³-hybridized carbons (Fsp3) is 0.538. The topological polar surface area (TPSA) is 101 Å². The summed E-state index contributed by atoms with van der Waals surface area (Å²) in [5.74, 6) is 0.791. The highest BCUT2D eigenvalue weighted by atomic mass is 32.2. The molecule has 0 bridgehead atoms. The van der Waals surface area contributed by atoms with E-state index >= 15 is 0 Å². The molecule has 36 heavy (non-hydrogen) atoms. The number of aryl methyl sites for hydroxylation is 2. The molecule has 4 rings (SSSR count). The molecule has 1 aliphatic rings. The number of hydrogen-bond donors (Lipinski definition) is 1. The molecule has 1 fully saturated rings. The van der Waals surface area contributed by atoms with Crippen molar-refractivity contribution >= 4 is 21.1 Å². The van der Waals surface area contributed by atoms with Crippen LogP contribution in [0.1, 0.15) is 46.6 Å². The minimum atomic E-state index is -3.72. The van der Waals surface area contributed by atoms with Gasteiger partial charge in [0.25, 0.3) is 5.56 Å². The van der Waals surface area contributed by atoms with Gasteiger partial charge < -0.3 is 14.3 Å². The number of H-pyrrole nitrogens is 1. The first-order chi connectivity index (χ1) is 17.2. The number of fused-ring (bicyclic) bond motifs is 1. The van der Waals surface area contributed by atoms with E-state index in [0.29, 0.717) is 73.5 Å². The molecule has 0 radical (unpaired) electrons. The molecule has 0 unspecified atom stereocenters. The molecule has 0 spiro atoms. The molecule has 0 amide bonds. The van der Waals surface area contributed by atoms with Gasteiger partial charge in [0.05, 0.1) is 22.6 Å². The maximum Gasteiger partial charge on any atom is 0.275 e. The summed E-state index contributed by atoms with van der Waals surface area (Å²) in [5.41, 5.74) is 2.41. The summed E-state index contributed by atoms with van der Waals surface area (Å²) in [5, 5.41) is 0. The van der Waals surface area contributed by atoms with Gasteiger partial charge in [-0.2, -0.15) is 4.31 Å². The third-order valence-electron chi connectivity index (χ3n) is 6.81. The summed E-state index contributed by atoms with van der Waals surface area (Å²) in [6.07, 6.45) is 3.71. The fourth-order valence-electron chi connectivity index (χ4n) is 4.85. The van der Waals surface area contributed by atoms with Crippen LogP contribution < -0.4 is 10.3 Å². The number of benzene rings is 1. The highest BCUT2D eigenvalue weighted by Gasteiger charge is 2.30. The van der Waals surface area contributed by atoms with Crippen LogP contribution in [0.15, 0.2) is 34.1 Å². The average Bonchev–Trinajstić information content (AvgIpc) is 3.22. The maximum atomic E-state index is 13.5. The lowest BCUT2D eigenvalue weighted by Crippen LogP contribution is -2.50. The van der Waals surface area contributed by atoms with Crippen LogP contribution in [-0.4, -0.2) is 71.0 Å². The van der Waals surface area contributed by atoms with Crippen LogP contribution in [-0.2, 0) is 23.0 Å². The molecule has 2 aromatic heterocycles.